The van der Waals surface area contributed by atoms with Gasteiger partial charge in [0.05, 0.1) is 15.6 Å². The largest absolute Gasteiger partial charge is 0.242 e. The maximum Gasteiger partial charge on any atom is 0.239 e. The zero-order chi connectivity index (χ0) is 18.6. The molecule has 2 heterocycles. The summed E-state index contributed by atoms with van der Waals surface area (Å²) in [5, 5.41) is 3.08. The summed E-state index contributed by atoms with van der Waals surface area (Å²) < 4.78 is 26.9. The van der Waals surface area contributed by atoms with E-state index in [1.165, 1.54) is 0 Å². The topological polar surface area (TPSA) is 50.3 Å². The number of allylic oxidation sites excluding steroid dienone is 3. The van der Waals surface area contributed by atoms with E-state index in [2.05, 4.69) is 11.9 Å². The number of hydrogen-bond donors (Lipinski definition) is 0. The lowest BCUT2D eigenvalue weighted by Gasteiger charge is -2.14. The SMILES string of the molecule is CCC/C=C\C=C1/CCN(Cc2ccc(-c3csc(C)n3)cc2)S1(=O)=O. The highest BCUT2D eigenvalue weighted by molar-refractivity contribution is 7.93. The van der Waals surface area contributed by atoms with Crippen molar-refractivity contribution in [1.82, 2.24) is 9.29 Å². The average molecular weight is 389 g/mol. The molecule has 1 aromatic heterocycles. The van der Waals surface area contributed by atoms with Gasteiger partial charge in [-0.05, 0) is 31.4 Å². The molecular weight excluding hydrogens is 364 g/mol. The van der Waals surface area contributed by atoms with Gasteiger partial charge in [-0.3, -0.25) is 0 Å². The Balaban J connectivity index is 1.69. The molecule has 26 heavy (non-hydrogen) atoms. The van der Waals surface area contributed by atoms with Crippen molar-refractivity contribution in [3.63, 3.8) is 0 Å². The van der Waals surface area contributed by atoms with Crippen molar-refractivity contribution >= 4 is 21.4 Å². The first kappa shape index (κ1) is 19.0. The van der Waals surface area contributed by atoms with Crippen molar-refractivity contribution in [2.45, 2.75) is 39.7 Å². The molecule has 0 unspecified atom stereocenters. The summed E-state index contributed by atoms with van der Waals surface area (Å²) in [6.45, 7) is 5.05. The van der Waals surface area contributed by atoms with Crippen LogP contribution in [0.2, 0.25) is 0 Å². The van der Waals surface area contributed by atoms with Gasteiger partial charge < -0.3 is 0 Å². The van der Waals surface area contributed by atoms with E-state index in [1.807, 2.05) is 48.7 Å². The molecule has 1 aliphatic rings. The van der Waals surface area contributed by atoms with Gasteiger partial charge in [-0.1, -0.05) is 49.8 Å². The molecule has 0 N–H and O–H groups in total. The molecule has 0 bridgehead atoms. The van der Waals surface area contributed by atoms with Gasteiger partial charge in [0.2, 0.25) is 10.0 Å². The van der Waals surface area contributed by atoms with Crippen LogP contribution >= 0.6 is 11.3 Å². The second-order valence-electron chi connectivity index (χ2n) is 6.39. The van der Waals surface area contributed by atoms with Gasteiger partial charge in [0.1, 0.15) is 0 Å². The Bertz CT molecular complexity index is 910. The van der Waals surface area contributed by atoms with Crippen LogP contribution in [0.1, 0.15) is 36.8 Å². The van der Waals surface area contributed by atoms with Gasteiger partial charge in [-0.25, -0.2) is 13.4 Å². The van der Waals surface area contributed by atoms with Crippen LogP contribution in [0.25, 0.3) is 11.3 Å². The molecule has 1 saturated heterocycles. The van der Waals surface area contributed by atoms with E-state index in [0.29, 0.717) is 24.4 Å². The highest BCUT2D eigenvalue weighted by atomic mass is 32.2. The molecule has 0 radical (unpaired) electrons. The number of aryl methyl sites for hydroxylation is 1. The molecule has 1 fully saturated rings. The van der Waals surface area contributed by atoms with E-state index in [1.54, 1.807) is 21.7 Å². The van der Waals surface area contributed by atoms with Crippen LogP contribution in [-0.4, -0.2) is 24.3 Å². The Kier molecular flexibility index (Phi) is 6.06. The first-order valence-corrected chi connectivity index (χ1v) is 11.2. The van der Waals surface area contributed by atoms with Crippen molar-refractivity contribution in [3.05, 3.63) is 63.3 Å². The number of rotatable bonds is 6. The summed E-state index contributed by atoms with van der Waals surface area (Å²) in [5.41, 5.74) is 3.02. The summed E-state index contributed by atoms with van der Waals surface area (Å²) in [7, 11) is -3.34. The molecule has 0 amide bonds. The monoisotopic (exact) mass is 388 g/mol. The van der Waals surface area contributed by atoms with E-state index >= 15 is 0 Å². The van der Waals surface area contributed by atoms with Crippen molar-refractivity contribution in [1.29, 1.82) is 0 Å². The van der Waals surface area contributed by atoms with E-state index in [0.717, 1.165) is 34.7 Å². The minimum absolute atomic E-state index is 0.411. The number of thiazole rings is 1. The predicted octanol–water partition coefficient (Wildman–Crippen LogP) is 4.89. The lowest BCUT2D eigenvalue weighted by Crippen LogP contribution is -2.24. The number of sulfonamides is 1. The molecule has 138 valence electrons. The molecular formula is C20H24N2O2S2. The van der Waals surface area contributed by atoms with Crippen molar-refractivity contribution in [2.24, 2.45) is 0 Å². The summed E-state index contributed by atoms with van der Waals surface area (Å²) in [4.78, 5) is 5.00. The Morgan fingerprint density at radius 1 is 1.27 bits per heavy atom. The van der Waals surface area contributed by atoms with E-state index < -0.39 is 10.0 Å². The van der Waals surface area contributed by atoms with Crippen LogP contribution in [0.4, 0.5) is 0 Å². The van der Waals surface area contributed by atoms with Gasteiger partial charge in [0.25, 0.3) is 0 Å². The third-order valence-corrected chi connectivity index (χ3v) is 7.15. The van der Waals surface area contributed by atoms with Crippen LogP contribution < -0.4 is 0 Å². The lowest BCUT2D eigenvalue weighted by atomic mass is 10.1. The third kappa shape index (κ3) is 4.31. The van der Waals surface area contributed by atoms with Gasteiger partial charge in [-0.15, -0.1) is 11.3 Å². The van der Waals surface area contributed by atoms with Crippen molar-refractivity contribution in [2.75, 3.05) is 6.54 Å². The first-order valence-electron chi connectivity index (χ1n) is 8.88. The van der Waals surface area contributed by atoms with Crippen molar-refractivity contribution < 1.29 is 8.42 Å². The van der Waals surface area contributed by atoms with Gasteiger partial charge in [-0.2, -0.15) is 4.31 Å². The zero-order valence-corrected chi connectivity index (χ0v) is 16.8. The van der Waals surface area contributed by atoms with Gasteiger partial charge in [0.15, 0.2) is 0 Å². The second kappa shape index (κ2) is 8.29. The summed E-state index contributed by atoms with van der Waals surface area (Å²) in [5.74, 6) is 0. The molecule has 6 heteroatoms. The Labute approximate surface area is 159 Å². The van der Waals surface area contributed by atoms with E-state index in [-0.39, 0.29) is 0 Å². The molecule has 0 atom stereocenters. The molecule has 1 aromatic carbocycles. The molecule has 0 aliphatic carbocycles. The molecule has 0 spiro atoms. The minimum Gasteiger partial charge on any atom is -0.242 e. The Morgan fingerprint density at radius 2 is 2.04 bits per heavy atom. The molecule has 1 aliphatic heterocycles. The molecule has 2 aromatic rings. The Morgan fingerprint density at radius 3 is 2.69 bits per heavy atom. The van der Waals surface area contributed by atoms with Crippen LogP contribution in [-0.2, 0) is 16.6 Å². The van der Waals surface area contributed by atoms with Crippen LogP contribution in [0.5, 0.6) is 0 Å². The molecule has 3 rings (SSSR count). The predicted molar refractivity (Wildman–Crippen MR) is 108 cm³/mol. The quantitative estimate of drug-likeness (QED) is 0.707. The number of benzene rings is 1. The first-order chi connectivity index (χ1) is 12.5. The Hall–Kier alpha value is -1.76. The lowest BCUT2D eigenvalue weighted by molar-refractivity contribution is 0.440. The van der Waals surface area contributed by atoms with E-state index in [9.17, 15) is 8.42 Å². The number of hydrogen-bond acceptors (Lipinski definition) is 4. The molecule has 4 nitrogen and oxygen atoms in total. The normalized spacial score (nSPS) is 18.9. The van der Waals surface area contributed by atoms with Crippen LogP contribution in [0.3, 0.4) is 0 Å². The number of nitrogens with zero attached hydrogens (tertiary/aromatic N) is 2. The average Bonchev–Trinajstić information content (AvgIpc) is 3.17. The minimum atomic E-state index is -3.34. The maximum atomic E-state index is 12.7. The standard InChI is InChI=1S/C20H24N2O2S2/c1-3-4-5-6-7-19-12-13-22(26(19,23)24)14-17-8-10-18(11-9-17)20-15-25-16(2)21-20/h5-11,15H,3-4,12-14H2,1-2H3/b6-5-,19-7+. The van der Waals surface area contributed by atoms with Crippen LogP contribution in [0.15, 0.2) is 52.8 Å². The van der Waals surface area contributed by atoms with Crippen molar-refractivity contribution in [3.8, 4) is 11.3 Å². The fraction of sp³-hybridized carbons (Fsp3) is 0.350. The summed E-state index contributed by atoms with van der Waals surface area (Å²) in [6.07, 6.45) is 8.25. The smallest absolute Gasteiger partial charge is 0.239 e. The fourth-order valence-corrected chi connectivity index (χ4v) is 5.11. The molecule has 0 saturated carbocycles. The summed E-state index contributed by atoms with van der Waals surface area (Å²) >= 11 is 1.63. The fourth-order valence-electron chi connectivity index (χ4n) is 2.90. The van der Waals surface area contributed by atoms with E-state index in [4.69, 9.17) is 0 Å². The van der Waals surface area contributed by atoms with Gasteiger partial charge >= 0.3 is 0 Å². The second-order valence-corrected chi connectivity index (χ2v) is 9.44. The van der Waals surface area contributed by atoms with Crippen LogP contribution in [0, 0.1) is 6.92 Å². The number of unbranched alkanes of at least 4 members (excludes halogenated alkanes) is 1. The zero-order valence-electron chi connectivity index (χ0n) is 15.2. The summed E-state index contributed by atoms with van der Waals surface area (Å²) in [6, 6.07) is 8.00. The number of aromatic nitrogens is 1. The maximum absolute atomic E-state index is 12.7. The highest BCUT2D eigenvalue weighted by Gasteiger charge is 2.33. The third-order valence-electron chi connectivity index (χ3n) is 4.38. The van der Waals surface area contributed by atoms with Gasteiger partial charge in [0, 0.05) is 24.0 Å². The highest BCUT2D eigenvalue weighted by Crippen LogP contribution is 2.28.